The Morgan fingerprint density at radius 2 is 1.57 bits per heavy atom. The molecule has 0 saturated carbocycles. The highest BCUT2D eigenvalue weighted by Crippen LogP contribution is 2.16. The first-order chi connectivity index (χ1) is 14.2. The van der Waals surface area contributed by atoms with E-state index in [1.807, 2.05) is 32.0 Å². The van der Waals surface area contributed by atoms with Crippen molar-refractivity contribution < 1.29 is 23.5 Å². The van der Waals surface area contributed by atoms with Crippen molar-refractivity contribution in [3.05, 3.63) is 70.5 Å². The van der Waals surface area contributed by atoms with Crippen molar-refractivity contribution in [2.75, 3.05) is 7.11 Å². The molecular formula is C23H27FN2O4. The van der Waals surface area contributed by atoms with Gasteiger partial charge in [0, 0.05) is 19.8 Å². The van der Waals surface area contributed by atoms with E-state index in [1.54, 1.807) is 18.2 Å². The van der Waals surface area contributed by atoms with Gasteiger partial charge in [0.15, 0.2) is 0 Å². The number of halogens is 1. The number of nitrogens with one attached hydrogen (secondary N) is 2. The monoisotopic (exact) mass is 414 g/mol. The van der Waals surface area contributed by atoms with E-state index in [0.717, 1.165) is 16.7 Å². The first-order valence-electron chi connectivity index (χ1n) is 9.66. The van der Waals surface area contributed by atoms with Gasteiger partial charge in [-0.3, -0.25) is 9.59 Å². The van der Waals surface area contributed by atoms with Crippen LogP contribution in [0.25, 0.3) is 0 Å². The molecule has 0 fully saturated rings. The van der Waals surface area contributed by atoms with Gasteiger partial charge >= 0.3 is 5.97 Å². The number of amides is 2. The number of carbonyl (C=O) groups is 3. The maximum Gasteiger partial charge on any atom is 0.328 e. The van der Waals surface area contributed by atoms with Gasteiger partial charge in [0.25, 0.3) is 0 Å². The highest BCUT2D eigenvalue weighted by Gasteiger charge is 2.28. The zero-order valence-electron chi connectivity index (χ0n) is 17.6. The van der Waals surface area contributed by atoms with Crippen LogP contribution in [0.5, 0.6) is 0 Å². The number of carbonyl (C=O) groups excluding carboxylic acids is 3. The third-order valence-electron chi connectivity index (χ3n) is 4.93. The molecule has 160 valence electrons. The van der Waals surface area contributed by atoms with Crippen LogP contribution in [0.4, 0.5) is 4.39 Å². The second kappa shape index (κ2) is 10.5. The predicted molar refractivity (Wildman–Crippen MR) is 111 cm³/mol. The maximum absolute atomic E-state index is 14.1. The van der Waals surface area contributed by atoms with E-state index in [-0.39, 0.29) is 18.4 Å². The number of hydrogen-bond donors (Lipinski definition) is 2. The van der Waals surface area contributed by atoms with E-state index in [9.17, 15) is 18.8 Å². The number of benzene rings is 2. The van der Waals surface area contributed by atoms with Crippen LogP contribution < -0.4 is 10.6 Å². The molecule has 6 nitrogen and oxygen atoms in total. The van der Waals surface area contributed by atoms with Crippen molar-refractivity contribution in [3.63, 3.8) is 0 Å². The van der Waals surface area contributed by atoms with Crippen molar-refractivity contribution in [1.82, 2.24) is 10.6 Å². The maximum atomic E-state index is 14.1. The van der Waals surface area contributed by atoms with E-state index < -0.39 is 35.7 Å². The van der Waals surface area contributed by atoms with Crippen LogP contribution in [0.1, 0.15) is 29.2 Å². The summed E-state index contributed by atoms with van der Waals surface area (Å²) < 4.78 is 18.9. The first-order valence-corrected chi connectivity index (χ1v) is 9.66. The van der Waals surface area contributed by atoms with Gasteiger partial charge in [-0.05, 0) is 42.2 Å². The summed E-state index contributed by atoms with van der Waals surface area (Å²) in [7, 11) is 1.25. The summed E-state index contributed by atoms with van der Waals surface area (Å²) in [4.78, 5) is 36.9. The summed E-state index contributed by atoms with van der Waals surface area (Å²) in [5.74, 6) is -2.09. The standard InChI is InChI=1S/C23H27FN2O4/c1-14-8-7-9-15(2)18(14)13-21(23(29)30-4)26-22(28)20(25-16(3)27)12-17-10-5-6-11-19(17)24/h5-11,20-21H,12-13H2,1-4H3,(H,25,27)(H,26,28)/t20-,21+/m0/s1. The Balaban J connectivity index is 2.24. The summed E-state index contributed by atoms with van der Waals surface area (Å²) in [6.07, 6.45) is 0.193. The van der Waals surface area contributed by atoms with Crippen LogP contribution in [0, 0.1) is 19.7 Å². The molecule has 2 N–H and O–H groups in total. The van der Waals surface area contributed by atoms with Crippen LogP contribution in [0.2, 0.25) is 0 Å². The largest absolute Gasteiger partial charge is 0.467 e. The van der Waals surface area contributed by atoms with Crippen molar-refractivity contribution in [1.29, 1.82) is 0 Å². The molecule has 2 atom stereocenters. The van der Waals surface area contributed by atoms with Crippen molar-refractivity contribution >= 4 is 17.8 Å². The summed E-state index contributed by atoms with van der Waals surface area (Å²) >= 11 is 0. The molecule has 0 aliphatic heterocycles. The van der Waals surface area contributed by atoms with Gasteiger partial charge in [-0.1, -0.05) is 36.4 Å². The Bertz CT molecular complexity index is 909. The SMILES string of the molecule is COC(=O)[C@@H](Cc1c(C)cccc1C)NC(=O)[C@H](Cc1ccccc1F)NC(C)=O. The van der Waals surface area contributed by atoms with Crippen molar-refractivity contribution in [2.24, 2.45) is 0 Å². The van der Waals surface area contributed by atoms with Gasteiger partial charge < -0.3 is 15.4 Å². The topological polar surface area (TPSA) is 84.5 Å². The third-order valence-corrected chi connectivity index (χ3v) is 4.93. The van der Waals surface area contributed by atoms with Crippen LogP contribution in [0.3, 0.4) is 0 Å². The summed E-state index contributed by atoms with van der Waals surface area (Å²) in [5, 5.41) is 5.20. The van der Waals surface area contributed by atoms with Gasteiger partial charge in [0.05, 0.1) is 7.11 Å². The van der Waals surface area contributed by atoms with Crippen molar-refractivity contribution in [2.45, 2.75) is 45.7 Å². The highest BCUT2D eigenvalue weighted by molar-refractivity contribution is 5.90. The van der Waals surface area contributed by atoms with Gasteiger partial charge in [0.1, 0.15) is 17.9 Å². The summed E-state index contributed by atoms with van der Waals surface area (Å²) in [5.41, 5.74) is 3.19. The van der Waals surface area contributed by atoms with Crippen molar-refractivity contribution in [3.8, 4) is 0 Å². The Morgan fingerprint density at radius 3 is 2.13 bits per heavy atom. The lowest BCUT2D eigenvalue weighted by atomic mass is 9.96. The van der Waals surface area contributed by atoms with Gasteiger partial charge in [-0.15, -0.1) is 0 Å². The molecule has 2 rings (SSSR count). The molecule has 0 saturated heterocycles. The zero-order chi connectivity index (χ0) is 22.3. The molecule has 0 aliphatic carbocycles. The van der Waals surface area contributed by atoms with Crippen LogP contribution in [-0.2, 0) is 32.0 Å². The molecule has 0 spiro atoms. The average molecular weight is 414 g/mol. The Labute approximate surface area is 175 Å². The molecule has 0 unspecified atom stereocenters. The van der Waals surface area contributed by atoms with Gasteiger partial charge in [-0.2, -0.15) is 0 Å². The molecule has 30 heavy (non-hydrogen) atoms. The first kappa shape index (κ1) is 23.1. The normalized spacial score (nSPS) is 12.6. The highest BCUT2D eigenvalue weighted by atomic mass is 19.1. The molecule has 2 aromatic carbocycles. The number of hydrogen-bond acceptors (Lipinski definition) is 4. The lowest BCUT2D eigenvalue weighted by Gasteiger charge is -2.23. The smallest absolute Gasteiger partial charge is 0.328 e. The summed E-state index contributed by atoms with van der Waals surface area (Å²) in [6, 6.07) is 9.82. The second-order valence-electron chi connectivity index (χ2n) is 7.21. The van der Waals surface area contributed by atoms with E-state index >= 15 is 0 Å². The Kier molecular flexibility index (Phi) is 8.09. The zero-order valence-corrected chi connectivity index (χ0v) is 17.6. The minimum Gasteiger partial charge on any atom is -0.467 e. The number of methoxy groups -OCH3 is 1. The number of ether oxygens (including phenoxy) is 1. The molecule has 2 aromatic rings. The van der Waals surface area contributed by atoms with E-state index in [1.165, 1.54) is 20.1 Å². The fourth-order valence-corrected chi connectivity index (χ4v) is 3.32. The average Bonchev–Trinajstić information content (AvgIpc) is 2.70. The number of rotatable bonds is 8. The Hall–Kier alpha value is -3.22. The minimum absolute atomic E-state index is 0.0463. The lowest BCUT2D eigenvalue weighted by Crippen LogP contribution is -2.53. The Morgan fingerprint density at radius 1 is 0.933 bits per heavy atom. The second-order valence-corrected chi connectivity index (χ2v) is 7.21. The van der Waals surface area contributed by atoms with Crippen LogP contribution in [0.15, 0.2) is 42.5 Å². The predicted octanol–water partition coefficient (Wildman–Crippen LogP) is 2.39. The molecule has 0 aromatic heterocycles. The molecule has 7 heteroatoms. The molecule has 0 aliphatic rings. The van der Waals surface area contributed by atoms with Gasteiger partial charge in [0.2, 0.25) is 11.8 Å². The van der Waals surface area contributed by atoms with Crippen LogP contribution in [-0.4, -0.2) is 37.0 Å². The van der Waals surface area contributed by atoms with Gasteiger partial charge in [-0.25, -0.2) is 9.18 Å². The number of aryl methyl sites for hydroxylation is 2. The van der Waals surface area contributed by atoms with Crippen LogP contribution >= 0.6 is 0 Å². The van der Waals surface area contributed by atoms with E-state index in [4.69, 9.17) is 4.74 Å². The van der Waals surface area contributed by atoms with E-state index in [0.29, 0.717) is 0 Å². The molecule has 0 heterocycles. The summed E-state index contributed by atoms with van der Waals surface area (Å²) in [6.45, 7) is 5.13. The lowest BCUT2D eigenvalue weighted by molar-refractivity contribution is -0.145. The quantitative estimate of drug-likeness (QED) is 0.650. The molecule has 2 amide bonds. The minimum atomic E-state index is -1.04. The number of esters is 1. The third kappa shape index (κ3) is 6.14. The van der Waals surface area contributed by atoms with E-state index in [2.05, 4.69) is 10.6 Å². The fraction of sp³-hybridized carbons (Fsp3) is 0.348. The molecule has 0 radical (unpaired) electrons. The molecular weight excluding hydrogens is 387 g/mol. The molecule has 0 bridgehead atoms. The fourth-order valence-electron chi connectivity index (χ4n) is 3.32.